The molecule has 2 N–H and O–H groups in total. The number of carbonyl (C=O) groups excluding carboxylic acids is 2. The smallest absolute Gasteiger partial charge is 0.407 e. The molecule has 1 heterocycles. The zero-order valence-electron chi connectivity index (χ0n) is 15.1. The summed E-state index contributed by atoms with van der Waals surface area (Å²) < 4.78 is 20.4. The van der Waals surface area contributed by atoms with Crippen molar-refractivity contribution >= 4 is 17.7 Å². The molecule has 8 heteroatoms. The molecule has 0 aliphatic heterocycles. The Kier molecular flexibility index (Phi) is 6.01. The first-order valence-electron chi connectivity index (χ1n) is 8.55. The average molecular weight is 382 g/mol. The zero-order chi connectivity index (χ0) is 19.9. The van der Waals surface area contributed by atoms with Gasteiger partial charge in [-0.25, -0.2) is 13.9 Å². The number of nitrogens with one attached hydrogen (secondary N) is 2. The molecule has 0 radical (unpaired) electrons. The third kappa shape index (κ3) is 4.73. The molecule has 0 aliphatic carbocycles. The van der Waals surface area contributed by atoms with Gasteiger partial charge in [-0.2, -0.15) is 5.10 Å². The van der Waals surface area contributed by atoms with Gasteiger partial charge in [-0.15, -0.1) is 0 Å². The summed E-state index contributed by atoms with van der Waals surface area (Å²) in [5.74, 6) is -1.03. The number of rotatable bonds is 6. The quantitative estimate of drug-likeness (QED) is 0.686. The lowest BCUT2D eigenvalue weighted by molar-refractivity contribution is -0.118. The van der Waals surface area contributed by atoms with Crippen molar-refractivity contribution in [2.75, 3.05) is 12.4 Å². The fourth-order valence-electron chi connectivity index (χ4n) is 2.67. The Bertz CT molecular complexity index is 945. The van der Waals surface area contributed by atoms with Crippen LogP contribution in [0.1, 0.15) is 5.56 Å². The van der Waals surface area contributed by atoms with Crippen LogP contribution in [0.2, 0.25) is 0 Å². The molecular formula is C20H19FN4O3. The van der Waals surface area contributed by atoms with Crippen LogP contribution in [-0.4, -0.2) is 34.9 Å². The summed E-state index contributed by atoms with van der Waals surface area (Å²) >= 11 is 0. The summed E-state index contributed by atoms with van der Waals surface area (Å²) in [7, 11) is 1.22. The lowest BCUT2D eigenvalue weighted by Gasteiger charge is -2.18. The maximum absolute atomic E-state index is 14.4. The van der Waals surface area contributed by atoms with Crippen LogP contribution in [-0.2, 0) is 16.0 Å². The Hall–Kier alpha value is -3.68. The molecule has 0 bridgehead atoms. The lowest BCUT2D eigenvalue weighted by Crippen LogP contribution is -2.45. The van der Waals surface area contributed by atoms with Crippen molar-refractivity contribution in [1.29, 1.82) is 0 Å². The van der Waals surface area contributed by atoms with E-state index in [-0.39, 0.29) is 17.8 Å². The topological polar surface area (TPSA) is 85.2 Å². The van der Waals surface area contributed by atoms with Crippen molar-refractivity contribution in [3.8, 4) is 5.69 Å². The molecule has 1 unspecified atom stereocenters. The van der Waals surface area contributed by atoms with Gasteiger partial charge in [0.25, 0.3) is 0 Å². The summed E-state index contributed by atoms with van der Waals surface area (Å²) in [6.07, 6.45) is 2.70. The van der Waals surface area contributed by atoms with Crippen LogP contribution in [0.4, 0.5) is 14.9 Å². The van der Waals surface area contributed by atoms with Crippen LogP contribution >= 0.6 is 0 Å². The molecule has 0 fully saturated rings. The molecule has 1 aromatic heterocycles. The summed E-state index contributed by atoms with van der Waals surface area (Å²) in [6.45, 7) is 0. The van der Waals surface area contributed by atoms with E-state index in [0.717, 1.165) is 5.56 Å². The number of amides is 2. The van der Waals surface area contributed by atoms with E-state index in [1.165, 1.54) is 23.9 Å². The van der Waals surface area contributed by atoms with Gasteiger partial charge in [0.15, 0.2) is 5.82 Å². The molecule has 1 atom stereocenters. The van der Waals surface area contributed by atoms with E-state index in [9.17, 15) is 14.0 Å². The molecule has 0 saturated heterocycles. The highest BCUT2D eigenvalue weighted by molar-refractivity contribution is 5.96. The molecule has 28 heavy (non-hydrogen) atoms. The minimum absolute atomic E-state index is 0.260. The molecule has 0 spiro atoms. The van der Waals surface area contributed by atoms with Crippen molar-refractivity contribution in [1.82, 2.24) is 15.1 Å². The van der Waals surface area contributed by atoms with E-state index in [1.54, 1.807) is 24.5 Å². The van der Waals surface area contributed by atoms with Gasteiger partial charge in [0.05, 0.1) is 7.11 Å². The number of nitrogens with zero attached hydrogens (tertiary/aromatic N) is 2. The van der Waals surface area contributed by atoms with Gasteiger partial charge in [0.2, 0.25) is 5.91 Å². The van der Waals surface area contributed by atoms with Crippen LogP contribution in [0.25, 0.3) is 5.69 Å². The second-order valence-electron chi connectivity index (χ2n) is 5.98. The first-order chi connectivity index (χ1) is 13.6. The summed E-state index contributed by atoms with van der Waals surface area (Å²) in [5, 5.41) is 9.11. The molecule has 3 rings (SSSR count). The van der Waals surface area contributed by atoms with Crippen molar-refractivity contribution in [3.05, 3.63) is 78.4 Å². The van der Waals surface area contributed by atoms with Gasteiger partial charge in [-0.3, -0.25) is 4.79 Å². The number of benzene rings is 2. The average Bonchev–Trinajstić information content (AvgIpc) is 3.22. The first kappa shape index (κ1) is 19.1. The highest BCUT2D eigenvalue weighted by atomic mass is 19.1. The van der Waals surface area contributed by atoms with Crippen LogP contribution in [0.15, 0.2) is 67.0 Å². The largest absolute Gasteiger partial charge is 0.453 e. The predicted octanol–water partition coefficient (Wildman–Crippen LogP) is 2.92. The number of halogens is 1. The molecule has 3 aromatic rings. The number of alkyl carbamates (subject to hydrolysis) is 1. The van der Waals surface area contributed by atoms with Crippen LogP contribution in [0, 0.1) is 5.82 Å². The second kappa shape index (κ2) is 8.81. The fraction of sp³-hybridized carbons (Fsp3) is 0.150. The fourth-order valence-corrected chi connectivity index (χ4v) is 2.67. The highest BCUT2D eigenvalue weighted by Crippen LogP contribution is 2.18. The number of methoxy groups -OCH3 is 1. The van der Waals surface area contributed by atoms with Gasteiger partial charge in [0, 0.05) is 24.5 Å². The molecule has 144 valence electrons. The minimum atomic E-state index is -0.885. The Morgan fingerprint density at radius 3 is 2.61 bits per heavy atom. The summed E-state index contributed by atoms with van der Waals surface area (Å²) in [6, 6.07) is 14.3. The third-order valence-electron chi connectivity index (χ3n) is 4.04. The second-order valence-corrected chi connectivity index (χ2v) is 5.98. The Morgan fingerprint density at radius 1 is 1.18 bits per heavy atom. The van der Waals surface area contributed by atoms with E-state index < -0.39 is 23.9 Å². The molecule has 0 saturated carbocycles. The molecule has 2 aromatic carbocycles. The van der Waals surface area contributed by atoms with Gasteiger partial charge in [-0.1, -0.05) is 30.3 Å². The van der Waals surface area contributed by atoms with Gasteiger partial charge in [0.1, 0.15) is 11.7 Å². The Balaban J connectivity index is 1.75. The standard InChI is InChI=1S/C20H19FN4O3/c1-28-20(27)24-17(12-14-6-3-2-4-7-14)19(26)23-15-8-9-18(16(21)13-15)25-11-5-10-22-25/h2-11,13,17H,12H2,1H3,(H,23,26)(H,24,27). The van der Waals surface area contributed by atoms with E-state index in [1.807, 2.05) is 30.3 Å². The minimum Gasteiger partial charge on any atom is -0.453 e. The van der Waals surface area contributed by atoms with Crippen LogP contribution in [0.3, 0.4) is 0 Å². The zero-order valence-corrected chi connectivity index (χ0v) is 15.1. The van der Waals surface area contributed by atoms with Gasteiger partial charge < -0.3 is 15.4 Å². The summed E-state index contributed by atoms with van der Waals surface area (Å²) in [5.41, 5.74) is 1.39. The monoisotopic (exact) mass is 382 g/mol. The number of aromatic nitrogens is 2. The van der Waals surface area contributed by atoms with E-state index in [4.69, 9.17) is 0 Å². The first-order valence-corrected chi connectivity index (χ1v) is 8.55. The van der Waals surface area contributed by atoms with E-state index in [2.05, 4.69) is 20.5 Å². The maximum Gasteiger partial charge on any atom is 0.407 e. The third-order valence-corrected chi connectivity index (χ3v) is 4.04. The number of ether oxygens (including phenoxy) is 1. The van der Waals surface area contributed by atoms with Crippen molar-refractivity contribution < 1.29 is 18.7 Å². The van der Waals surface area contributed by atoms with Gasteiger partial charge in [-0.05, 0) is 29.8 Å². The Labute approximate surface area is 161 Å². The van der Waals surface area contributed by atoms with E-state index >= 15 is 0 Å². The highest BCUT2D eigenvalue weighted by Gasteiger charge is 2.22. The Morgan fingerprint density at radius 2 is 1.96 bits per heavy atom. The number of carbonyl (C=O) groups is 2. The maximum atomic E-state index is 14.4. The SMILES string of the molecule is COC(=O)NC(Cc1ccccc1)C(=O)Nc1ccc(-n2cccn2)c(F)c1. The predicted molar refractivity (Wildman–Crippen MR) is 102 cm³/mol. The van der Waals surface area contributed by atoms with Crippen LogP contribution in [0.5, 0.6) is 0 Å². The van der Waals surface area contributed by atoms with Crippen LogP contribution < -0.4 is 10.6 Å². The lowest BCUT2D eigenvalue weighted by atomic mass is 10.1. The van der Waals surface area contributed by atoms with Crippen molar-refractivity contribution in [3.63, 3.8) is 0 Å². The van der Waals surface area contributed by atoms with Crippen molar-refractivity contribution in [2.24, 2.45) is 0 Å². The normalized spacial score (nSPS) is 11.5. The molecule has 2 amide bonds. The van der Waals surface area contributed by atoms with Gasteiger partial charge >= 0.3 is 6.09 Å². The summed E-state index contributed by atoms with van der Waals surface area (Å²) in [4.78, 5) is 24.3. The molecule has 0 aliphatic rings. The van der Waals surface area contributed by atoms with Crippen molar-refractivity contribution in [2.45, 2.75) is 12.5 Å². The molecule has 7 nitrogen and oxygen atoms in total. The number of hydrogen-bond acceptors (Lipinski definition) is 4. The van der Waals surface area contributed by atoms with E-state index in [0.29, 0.717) is 0 Å². The number of hydrogen-bond donors (Lipinski definition) is 2. The molecular weight excluding hydrogens is 363 g/mol. The number of anilines is 1.